The quantitative estimate of drug-likeness (QED) is 0.596. The van der Waals surface area contributed by atoms with Gasteiger partial charge in [0.25, 0.3) is 0 Å². The van der Waals surface area contributed by atoms with Gasteiger partial charge in [-0.25, -0.2) is 24.6 Å². The van der Waals surface area contributed by atoms with Crippen LogP contribution in [0.5, 0.6) is 0 Å². The van der Waals surface area contributed by atoms with Gasteiger partial charge in [0.15, 0.2) is 0 Å². The first-order chi connectivity index (χ1) is 9.90. The minimum absolute atomic E-state index is 0.00878. The van der Waals surface area contributed by atoms with Gasteiger partial charge in [0.2, 0.25) is 0 Å². The zero-order chi connectivity index (χ0) is 15.6. The Bertz CT molecular complexity index is 658. The summed E-state index contributed by atoms with van der Waals surface area (Å²) in [5.74, 6) is 5.65. The first-order valence-corrected chi connectivity index (χ1v) is 6.49. The number of rotatable bonds is 4. The Hall–Kier alpha value is -2.28. The second kappa shape index (κ2) is 6.01. The normalized spacial score (nSPS) is 10.8. The molecule has 1 aromatic carbocycles. The zero-order valence-electron chi connectivity index (χ0n) is 12.0. The van der Waals surface area contributed by atoms with Gasteiger partial charge in [0.1, 0.15) is 29.1 Å². The summed E-state index contributed by atoms with van der Waals surface area (Å²) in [5, 5.41) is 2.75. The van der Waals surface area contributed by atoms with Crippen molar-refractivity contribution in [2.75, 3.05) is 10.7 Å². The minimum atomic E-state index is -0.555. The average molecular weight is 293 g/mol. The van der Waals surface area contributed by atoms with Gasteiger partial charge in [-0.2, -0.15) is 0 Å². The summed E-state index contributed by atoms with van der Waals surface area (Å²) >= 11 is 0. The second-order valence-electron chi connectivity index (χ2n) is 5.00. The summed E-state index contributed by atoms with van der Waals surface area (Å²) in [4.78, 5) is 8.45. The smallest absolute Gasteiger partial charge is 0.147 e. The third-order valence-corrected chi connectivity index (χ3v) is 2.92. The predicted octanol–water partition coefficient (Wildman–Crippen LogP) is 3.22. The fourth-order valence-electron chi connectivity index (χ4n) is 1.74. The largest absolute Gasteiger partial charge is 0.338 e. The number of nitrogens with zero attached hydrogens (tertiary/aromatic N) is 2. The Morgan fingerprint density at radius 2 is 1.71 bits per heavy atom. The molecule has 0 fully saturated rings. The number of aryl methyl sites for hydroxylation is 1. The topological polar surface area (TPSA) is 75.9 Å². The lowest BCUT2D eigenvalue weighted by Crippen LogP contribution is -2.12. The van der Waals surface area contributed by atoms with Crippen LogP contribution in [0.15, 0.2) is 18.2 Å². The van der Waals surface area contributed by atoms with Crippen LogP contribution in [0.4, 0.5) is 26.1 Å². The number of nitrogens with one attached hydrogen (secondary N) is 2. The van der Waals surface area contributed by atoms with E-state index in [1.165, 1.54) is 13.0 Å². The maximum Gasteiger partial charge on any atom is 0.147 e. The number of hydrazine groups is 1. The van der Waals surface area contributed by atoms with E-state index in [0.717, 1.165) is 12.1 Å². The van der Waals surface area contributed by atoms with E-state index in [1.54, 1.807) is 0 Å². The van der Waals surface area contributed by atoms with Crippen LogP contribution >= 0.6 is 0 Å². The molecule has 0 atom stereocenters. The summed E-state index contributed by atoms with van der Waals surface area (Å²) in [6.07, 6.45) is 0. The Balaban J connectivity index is 2.39. The molecule has 0 spiro atoms. The van der Waals surface area contributed by atoms with Gasteiger partial charge in [-0.1, -0.05) is 13.8 Å². The van der Waals surface area contributed by atoms with Crippen LogP contribution in [-0.4, -0.2) is 9.97 Å². The van der Waals surface area contributed by atoms with Crippen molar-refractivity contribution >= 4 is 17.3 Å². The van der Waals surface area contributed by atoms with Crippen LogP contribution in [0.1, 0.15) is 31.2 Å². The van der Waals surface area contributed by atoms with Crippen molar-refractivity contribution in [2.24, 2.45) is 5.84 Å². The van der Waals surface area contributed by atoms with Gasteiger partial charge < -0.3 is 10.7 Å². The molecular weight excluding hydrogens is 276 g/mol. The van der Waals surface area contributed by atoms with E-state index in [4.69, 9.17) is 5.84 Å². The molecule has 0 bridgehead atoms. The number of hydrogen-bond donors (Lipinski definition) is 3. The molecule has 0 aliphatic rings. The first kappa shape index (κ1) is 15.1. The van der Waals surface area contributed by atoms with Crippen molar-refractivity contribution < 1.29 is 8.78 Å². The molecular formula is C14H17F2N5. The van der Waals surface area contributed by atoms with Gasteiger partial charge in [0.05, 0.1) is 5.69 Å². The highest BCUT2D eigenvalue weighted by Crippen LogP contribution is 2.24. The third kappa shape index (κ3) is 3.43. The number of nitrogens with two attached hydrogens (primary N) is 1. The molecule has 2 aromatic rings. The van der Waals surface area contributed by atoms with E-state index in [0.29, 0.717) is 17.5 Å². The molecule has 21 heavy (non-hydrogen) atoms. The Morgan fingerprint density at radius 3 is 2.33 bits per heavy atom. The van der Waals surface area contributed by atoms with Crippen LogP contribution < -0.4 is 16.6 Å². The van der Waals surface area contributed by atoms with Gasteiger partial charge in [-0.15, -0.1) is 0 Å². The molecule has 7 heteroatoms. The number of benzene rings is 1. The second-order valence-corrected chi connectivity index (χ2v) is 5.00. The lowest BCUT2D eigenvalue weighted by Gasteiger charge is -2.12. The third-order valence-electron chi connectivity index (χ3n) is 2.92. The molecule has 1 heterocycles. The maximum atomic E-state index is 13.8. The van der Waals surface area contributed by atoms with E-state index in [2.05, 4.69) is 20.7 Å². The number of nitrogen functional groups attached to an aromatic ring is 1. The van der Waals surface area contributed by atoms with Crippen molar-refractivity contribution in [2.45, 2.75) is 26.7 Å². The Morgan fingerprint density at radius 1 is 1.05 bits per heavy atom. The highest BCUT2D eigenvalue weighted by atomic mass is 19.1. The van der Waals surface area contributed by atoms with E-state index >= 15 is 0 Å². The molecule has 0 radical (unpaired) electrons. The minimum Gasteiger partial charge on any atom is -0.338 e. The number of halogens is 2. The molecule has 1 aromatic heterocycles. The van der Waals surface area contributed by atoms with Crippen molar-refractivity contribution in [3.63, 3.8) is 0 Å². The summed E-state index contributed by atoms with van der Waals surface area (Å²) in [5.41, 5.74) is 2.68. The van der Waals surface area contributed by atoms with Crippen LogP contribution in [0, 0.1) is 18.6 Å². The van der Waals surface area contributed by atoms with Crippen molar-refractivity contribution in [3.8, 4) is 0 Å². The Kier molecular flexibility index (Phi) is 4.32. The van der Waals surface area contributed by atoms with E-state index in [-0.39, 0.29) is 17.2 Å². The van der Waals surface area contributed by atoms with E-state index < -0.39 is 11.6 Å². The van der Waals surface area contributed by atoms with E-state index in [9.17, 15) is 8.78 Å². The van der Waals surface area contributed by atoms with Gasteiger partial charge in [-0.3, -0.25) is 0 Å². The monoisotopic (exact) mass is 293 g/mol. The van der Waals surface area contributed by atoms with Crippen molar-refractivity contribution in [3.05, 3.63) is 41.2 Å². The first-order valence-electron chi connectivity index (χ1n) is 6.49. The molecule has 4 N–H and O–H groups in total. The van der Waals surface area contributed by atoms with Gasteiger partial charge >= 0.3 is 0 Å². The molecule has 0 aliphatic heterocycles. The molecule has 0 unspecified atom stereocenters. The number of anilines is 3. The SMILES string of the molecule is Cc1cc(F)c(Nc2cc(NN)nc(C(C)C)n2)cc1F. The average Bonchev–Trinajstić information content (AvgIpc) is 2.44. The summed E-state index contributed by atoms with van der Waals surface area (Å²) in [6.45, 7) is 5.34. The molecule has 0 saturated carbocycles. The molecule has 0 saturated heterocycles. The van der Waals surface area contributed by atoms with Crippen molar-refractivity contribution in [1.82, 2.24) is 9.97 Å². The lowest BCUT2D eigenvalue weighted by molar-refractivity contribution is 0.595. The highest BCUT2D eigenvalue weighted by Gasteiger charge is 2.11. The molecule has 5 nitrogen and oxygen atoms in total. The number of hydrogen-bond acceptors (Lipinski definition) is 5. The van der Waals surface area contributed by atoms with Gasteiger partial charge in [0, 0.05) is 18.1 Å². The number of aromatic nitrogens is 2. The van der Waals surface area contributed by atoms with Gasteiger partial charge in [-0.05, 0) is 18.6 Å². The van der Waals surface area contributed by atoms with Crippen LogP contribution in [-0.2, 0) is 0 Å². The predicted molar refractivity (Wildman–Crippen MR) is 78.3 cm³/mol. The maximum absolute atomic E-state index is 13.8. The Labute approximate surface area is 121 Å². The fourth-order valence-corrected chi connectivity index (χ4v) is 1.74. The molecule has 2 rings (SSSR count). The zero-order valence-corrected chi connectivity index (χ0v) is 12.0. The van der Waals surface area contributed by atoms with Crippen molar-refractivity contribution in [1.29, 1.82) is 0 Å². The van der Waals surface area contributed by atoms with Crippen LogP contribution in [0.3, 0.4) is 0 Å². The molecule has 0 aliphatic carbocycles. The van der Waals surface area contributed by atoms with E-state index in [1.807, 2.05) is 13.8 Å². The standard InChI is InChI=1S/C14H17F2N5/c1-7(2)14-19-12(6-13(20-14)21-17)18-11-5-9(15)8(3)4-10(11)16/h4-7H,17H2,1-3H3,(H2,18,19,20,21). The van der Waals surface area contributed by atoms with Crippen LogP contribution in [0.25, 0.3) is 0 Å². The summed E-state index contributed by atoms with van der Waals surface area (Å²) < 4.78 is 27.4. The molecule has 112 valence electrons. The fraction of sp³-hybridized carbons (Fsp3) is 0.286. The summed E-state index contributed by atoms with van der Waals surface area (Å²) in [7, 11) is 0. The van der Waals surface area contributed by atoms with Crippen LogP contribution in [0.2, 0.25) is 0 Å². The lowest BCUT2D eigenvalue weighted by atomic mass is 10.2. The summed E-state index contributed by atoms with van der Waals surface area (Å²) in [6, 6.07) is 3.74. The molecule has 0 amide bonds. The highest BCUT2D eigenvalue weighted by molar-refractivity contribution is 5.60.